The summed E-state index contributed by atoms with van der Waals surface area (Å²) in [5, 5.41) is 8.89. The predicted octanol–water partition coefficient (Wildman–Crippen LogP) is 6.08. The molecule has 0 atom stereocenters. The van der Waals surface area contributed by atoms with Crippen molar-refractivity contribution in [1.29, 1.82) is 0 Å². The Bertz CT molecular complexity index is 1030. The Hall–Kier alpha value is -2.37. The third kappa shape index (κ3) is 6.08. The number of amides is 1. The second-order valence-corrected chi connectivity index (χ2v) is 9.06. The summed E-state index contributed by atoms with van der Waals surface area (Å²) in [5.41, 5.74) is 1.71. The SMILES string of the molecule is O=C(Cc1cccc2ccccc12)Nc1cc(Br)ccc1OCCNC1CCCCC1. The lowest BCUT2D eigenvalue weighted by Crippen LogP contribution is -2.34. The molecule has 0 saturated heterocycles. The molecule has 0 spiro atoms. The van der Waals surface area contributed by atoms with Gasteiger partial charge in [0.1, 0.15) is 12.4 Å². The molecule has 0 aromatic heterocycles. The lowest BCUT2D eigenvalue weighted by molar-refractivity contribution is -0.115. The summed E-state index contributed by atoms with van der Waals surface area (Å²) in [5.74, 6) is 0.638. The normalized spacial score (nSPS) is 14.5. The molecule has 0 unspecified atom stereocenters. The van der Waals surface area contributed by atoms with Crippen molar-refractivity contribution in [3.63, 3.8) is 0 Å². The Balaban J connectivity index is 1.37. The highest BCUT2D eigenvalue weighted by Gasteiger charge is 2.13. The van der Waals surface area contributed by atoms with E-state index in [1.165, 1.54) is 32.1 Å². The third-order valence-electron chi connectivity index (χ3n) is 5.84. The van der Waals surface area contributed by atoms with Gasteiger partial charge in [-0.3, -0.25) is 4.79 Å². The van der Waals surface area contributed by atoms with Gasteiger partial charge in [-0.2, -0.15) is 0 Å². The summed E-state index contributed by atoms with van der Waals surface area (Å²) in [6.45, 7) is 1.38. The van der Waals surface area contributed by atoms with Crippen molar-refractivity contribution in [2.75, 3.05) is 18.5 Å². The molecule has 4 rings (SSSR count). The lowest BCUT2D eigenvalue weighted by Gasteiger charge is -2.23. The van der Waals surface area contributed by atoms with Crippen LogP contribution in [-0.2, 0) is 11.2 Å². The molecule has 3 aromatic carbocycles. The molecule has 3 aromatic rings. The largest absolute Gasteiger partial charge is 0.490 e. The molecular weight excluding hydrogens is 452 g/mol. The van der Waals surface area contributed by atoms with Crippen LogP contribution in [0.15, 0.2) is 65.1 Å². The van der Waals surface area contributed by atoms with Gasteiger partial charge in [-0.15, -0.1) is 0 Å². The van der Waals surface area contributed by atoms with Gasteiger partial charge < -0.3 is 15.4 Å². The first-order valence-corrected chi connectivity index (χ1v) is 11.9. The van der Waals surface area contributed by atoms with Crippen LogP contribution in [0.5, 0.6) is 5.75 Å². The zero-order chi connectivity index (χ0) is 21.5. The van der Waals surface area contributed by atoms with Crippen molar-refractivity contribution in [2.45, 2.75) is 44.6 Å². The molecule has 2 N–H and O–H groups in total. The minimum Gasteiger partial charge on any atom is -0.490 e. The monoisotopic (exact) mass is 480 g/mol. The number of hydrogen-bond donors (Lipinski definition) is 2. The molecular formula is C26H29BrN2O2. The van der Waals surface area contributed by atoms with Crippen LogP contribution in [-0.4, -0.2) is 25.1 Å². The van der Waals surface area contributed by atoms with E-state index in [-0.39, 0.29) is 5.91 Å². The molecule has 4 nitrogen and oxygen atoms in total. The molecule has 5 heteroatoms. The summed E-state index contributed by atoms with van der Waals surface area (Å²) in [7, 11) is 0. The highest BCUT2D eigenvalue weighted by atomic mass is 79.9. The maximum atomic E-state index is 12.8. The highest BCUT2D eigenvalue weighted by molar-refractivity contribution is 9.10. The standard InChI is InChI=1S/C26H29BrN2O2/c27-21-13-14-25(31-16-15-28-22-10-2-1-3-11-22)24(18-21)29-26(30)17-20-9-6-8-19-7-4-5-12-23(19)20/h4-9,12-14,18,22,28H,1-3,10-11,15-17H2,(H,29,30). The highest BCUT2D eigenvalue weighted by Crippen LogP contribution is 2.29. The van der Waals surface area contributed by atoms with Crippen LogP contribution in [0.25, 0.3) is 10.8 Å². The van der Waals surface area contributed by atoms with Crippen molar-refractivity contribution in [1.82, 2.24) is 5.32 Å². The Morgan fingerprint density at radius 1 is 1.00 bits per heavy atom. The molecule has 1 amide bonds. The number of rotatable bonds is 8. The fourth-order valence-electron chi connectivity index (χ4n) is 4.27. The number of benzene rings is 3. The van der Waals surface area contributed by atoms with E-state index in [1.807, 2.05) is 42.5 Å². The molecule has 1 saturated carbocycles. The van der Waals surface area contributed by atoms with Crippen molar-refractivity contribution in [2.24, 2.45) is 0 Å². The third-order valence-corrected chi connectivity index (χ3v) is 6.34. The smallest absolute Gasteiger partial charge is 0.228 e. The van der Waals surface area contributed by atoms with Crippen molar-refractivity contribution < 1.29 is 9.53 Å². The summed E-state index contributed by atoms with van der Waals surface area (Å²) >= 11 is 3.50. The van der Waals surface area contributed by atoms with E-state index < -0.39 is 0 Å². The molecule has 0 radical (unpaired) electrons. The van der Waals surface area contributed by atoms with Crippen LogP contribution in [0.2, 0.25) is 0 Å². The van der Waals surface area contributed by atoms with E-state index in [2.05, 4.69) is 44.8 Å². The van der Waals surface area contributed by atoms with Crippen molar-refractivity contribution in [3.8, 4) is 5.75 Å². The first-order valence-electron chi connectivity index (χ1n) is 11.1. The Morgan fingerprint density at radius 2 is 1.81 bits per heavy atom. The van der Waals surface area contributed by atoms with Crippen LogP contribution < -0.4 is 15.4 Å². The van der Waals surface area contributed by atoms with Crippen LogP contribution >= 0.6 is 15.9 Å². The van der Waals surface area contributed by atoms with Crippen LogP contribution in [0.1, 0.15) is 37.7 Å². The van der Waals surface area contributed by atoms with Gasteiger partial charge in [-0.05, 0) is 47.4 Å². The molecule has 1 aliphatic carbocycles. The number of hydrogen-bond acceptors (Lipinski definition) is 3. The molecule has 0 heterocycles. The molecule has 0 bridgehead atoms. The van der Waals surface area contributed by atoms with Gasteiger partial charge in [0.05, 0.1) is 12.1 Å². The number of carbonyl (C=O) groups excluding carboxylic acids is 1. The Labute approximate surface area is 192 Å². The average Bonchev–Trinajstić information content (AvgIpc) is 2.79. The number of ether oxygens (including phenoxy) is 1. The van der Waals surface area contributed by atoms with Gasteiger partial charge in [-0.25, -0.2) is 0 Å². The molecule has 1 aliphatic rings. The van der Waals surface area contributed by atoms with Crippen LogP contribution in [0.3, 0.4) is 0 Å². The first-order chi connectivity index (χ1) is 15.2. The van der Waals surface area contributed by atoms with Gasteiger partial charge in [-0.1, -0.05) is 77.7 Å². The quantitative estimate of drug-likeness (QED) is 0.383. The van der Waals surface area contributed by atoms with Gasteiger partial charge in [0.25, 0.3) is 0 Å². The number of carbonyl (C=O) groups is 1. The van der Waals surface area contributed by atoms with E-state index in [0.717, 1.165) is 27.4 Å². The van der Waals surface area contributed by atoms with E-state index in [1.54, 1.807) is 0 Å². The van der Waals surface area contributed by atoms with E-state index in [4.69, 9.17) is 4.74 Å². The maximum Gasteiger partial charge on any atom is 0.228 e. The van der Waals surface area contributed by atoms with Gasteiger partial charge in [0.15, 0.2) is 0 Å². The minimum atomic E-state index is -0.0559. The number of anilines is 1. The van der Waals surface area contributed by atoms with E-state index in [0.29, 0.717) is 30.5 Å². The summed E-state index contributed by atoms with van der Waals surface area (Å²) in [6.07, 6.45) is 6.82. The van der Waals surface area contributed by atoms with E-state index in [9.17, 15) is 4.79 Å². The van der Waals surface area contributed by atoms with Crippen molar-refractivity contribution >= 4 is 38.3 Å². The second kappa shape index (κ2) is 10.8. The van der Waals surface area contributed by atoms with Crippen LogP contribution in [0, 0.1) is 0 Å². The van der Waals surface area contributed by atoms with Crippen molar-refractivity contribution in [3.05, 3.63) is 70.7 Å². The molecule has 1 fully saturated rings. The molecule has 0 aliphatic heterocycles. The van der Waals surface area contributed by atoms with Crippen LogP contribution in [0.4, 0.5) is 5.69 Å². The fourth-order valence-corrected chi connectivity index (χ4v) is 4.63. The van der Waals surface area contributed by atoms with Gasteiger partial charge in [0, 0.05) is 17.1 Å². The van der Waals surface area contributed by atoms with Gasteiger partial charge >= 0.3 is 0 Å². The summed E-state index contributed by atoms with van der Waals surface area (Å²) in [4.78, 5) is 12.8. The zero-order valence-electron chi connectivity index (χ0n) is 17.7. The topological polar surface area (TPSA) is 50.4 Å². The Morgan fingerprint density at radius 3 is 2.68 bits per heavy atom. The lowest BCUT2D eigenvalue weighted by atomic mass is 9.96. The van der Waals surface area contributed by atoms with E-state index >= 15 is 0 Å². The Kier molecular flexibility index (Phi) is 7.60. The average molecular weight is 481 g/mol. The molecule has 31 heavy (non-hydrogen) atoms. The number of fused-ring (bicyclic) bond motifs is 1. The maximum absolute atomic E-state index is 12.8. The first kappa shape index (κ1) is 21.8. The summed E-state index contributed by atoms with van der Waals surface area (Å²) in [6, 6.07) is 20.6. The summed E-state index contributed by atoms with van der Waals surface area (Å²) < 4.78 is 6.91. The number of nitrogens with one attached hydrogen (secondary N) is 2. The minimum absolute atomic E-state index is 0.0559. The number of halogens is 1. The molecule has 162 valence electrons. The second-order valence-electron chi connectivity index (χ2n) is 8.14. The fraction of sp³-hybridized carbons (Fsp3) is 0.346. The zero-order valence-corrected chi connectivity index (χ0v) is 19.3. The predicted molar refractivity (Wildman–Crippen MR) is 131 cm³/mol. The van der Waals surface area contributed by atoms with Gasteiger partial charge in [0.2, 0.25) is 5.91 Å².